The lowest BCUT2D eigenvalue weighted by molar-refractivity contribution is 0.322. The second-order valence-electron chi connectivity index (χ2n) is 2.87. The SMILES string of the molecule is C=CN(C)N(C)n1nccc1/C(Cl)=N\C. The highest BCUT2D eigenvalue weighted by atomic mass is 35.5. The number of hydrogen-bond donors (Lipinski definition) is 0. The van der Waals surface area contributed by atoms with Gasteiger partial charge in [-0.15, -0.1) is 0 Å². The third kappa shape index (κ3) is 2.30. The molecule has 0 unspecified atom stereocenters. The molecule has 82 valence electrons. The minimum absolute atomic E-state index is 0.414. The predicted octanol–water partition coefficient (Wildman–Crippen LogP) is 1.06. The van der Waals surface area contributed by atoms with Gasteiger partial charge in [0, 0.05) is 27.3 Å². The summed E-state index contributed by atoms with van der Waals surface area (Å²) in [6.45, 7) is 3.67. The molecule has 0 saturated carbocycles. The molecule has 15 heavy (non-hydrogen) atoms. The molecule has 0 saturated heterocycles. The molecular formula is C9H14ClN5. The quantitative estimate of drug-likeness (QED) is 0.570. The number of halogens is 1. The lowest BCUT2D eigenvalue weighted by Crippen LogP contribution is -2.43. The van der Waals surface area contributed by atoms with Crippen molar-refractivity contribution in [1.29, 1.82) is 0 Å². The van der Waals surface area contributed by atoms with E-state index in [1.165, 1.54) is 0 Å². The molecule has 1 aromatic heterocycles. The van der Waals surface area contributed by atoms with Crippen LogP contribution >= 0.6 is 11.6 Å². The van der Waals surface area contributed by atoms with E-state index in [1.807, 2.05) is 14.1 Å². The van der Waals surface area contributed by atoms with Crippen LogP contribution in [0.4, 0.5) is 0 Å². The summed E-state index contributed by atoms with van der Waals surface area (Å²) in [6, 6.07) is 1.79. The lowest BCUT2D eigenvalue weighted by atomic mass is 10.5. The van der Waals surface area contributed by atoms with Gasteiger partial charge in [-0.2, -0.15) is 9.89 Å². The first-order chi connectivity index (χ1) is 7.11. The maximum absolute atomic E-state index is 5.95. The van der Waals surface area contributed by atoms with Crippen LogP contribution in [0.3, 0.4) is 0 Å². The molecule has 0 spiro atoms. The zero-order valence-corrected chi connectivity index (χ0v) is 9.81. The predicted molar refractivity (Wildman–Crippen MR) is 62.6 cm³/mol. The average Bonchev–Trinajstić information content (AvgIpc) is 2.74. The Morgan fingerprint density at radius 2 is 2.33 bits per heavy atom. The first-order valence-corrected chi connectivity index (χ1v) is 4.75. The van der Waals surface area contributed by atoms with Crippen LogP contribution in [0.5, 0.6) is 0 Å². The van der Waals surface area contributed by atoms with Gasteiger partial charge in [-0.25, -0.2) is 5.12 Å². The summed E-state index contributed by atoms with van der Waals surface area (Å²) >= 11 is 5.95. The van der Waals surface area contributed by atoms with Gasteiger partial charge in [0.25, 0.3) is 0 Å². The molecule has 5 nitrogen and oxygen atoms in total. The van der Waals surface area contributed by atoms with Gasteiger partial charge in [0.1, 0.15) is 5.69 Å². The number of aliphatic imine (C=N–C) groups is 1. The van der Waals surface area contributed by atoms with E-state index in [2.05, 4.69) is 16.7 Å². The van der Waals surface area contributed by atoms with Gasteiger partial charge in [-0.05, 0) is 6.07 Å². The minimum Gasteiger partial charge on any atom is -0.281 e. The monoisotopic (exact) mass is 227 g/mol. The summed E-state index contributed by atoms with van der Waals surface area (Å²) in [4.78, 5) is 5.55. The Morgan fingerprint density at radius 1 is 1.67 bits per heavy atom. The Kier molecular flexibility index (Phi) is 3.74. The van der Waals surface area contributed by atoms with Crippen molar-refractivity contribution in [2.45, 2.75) is 0 Å². The van der Waals surface area contributed by atoms with Crippen molar-refractivity contribution in [2.24, 2.45) is 4.99 Å². The maximum atomic E-state index is 5.95. The van der Waals surface area contributed by atoms with Crippen molar-refractivity contribution >= 4 is 16.8 Å². The molecule has 0 N–H and O–H groups in total. The van der Waals surface area contributed by atoms with Crippen molar-refractivity contribution in [2.75, 3.05) is 26.3 Å². The summed E-state index contributed by atoms with van der Waals surface area (Å²) < 4.78 is 0. The number of aromatic nitrogens is 2. The molecule has 0 atom stereocenters. The van der Waals surface area contributed by atoms with E-state index in [0.29, 0.717) is 5.17 Å². The van der Waals surface area contributed by atoms with E-state index in [9.17, 15) is 0 Å². The van der Waals surface area contributed by atoms with Crippen LogP contribution in [-0.4, -0.2) is 41.2 Å². The van der Waals surface area contributed by atoms with Crippen molar-refractivity contribution in [3.8, 4) is 0 Å². The molecule has 0 aromatic carbocycles. The highest BCUT2D eigenvalue weighted by molar-refractivity contribution is 6.69. The smallest absolute Gasteiger partial charge is 0.151 e. The first-order valence-electron chi connectivity index (χ1n) is 4.37. The van der Waals surface area contributed by atoms with Crippen LogP contribution in [0.25, 0.3) is 0 Å². The van der Waals surface area contributed by atoms with Crippen molar-refractivity contribution < 1.29 is 0 Å². The third-order valence-electron chi connectivity index (χ3n) is 2.03. The number of nitrogens with zero attached hydrogens (tertiary/aromatic N) is 5. The molecule has 1 heterocycles. The Hall–Kier alpha value is -1.49. The Morgan fingerprint density at radius 3 is 2.87 bits per heavy atom. The van der Waals surface area contributed by atoms with E-state index in [-0.39, 0.29) is 0 Å². The van der Waals surface area contributed by atoms with E-state index < -0.39 is 0 Å². The normalized spacial score (nSPS) is 11.3. The van der Waals surface area contributed by atoms with Crippen LogP contribution < -0.4 is 5.12 Å². The van der Waals surface area contributed by atoms with Gasteiger partial charge in [0.15, 0.2) is 5.17 Å². The van der Waals surface area contributed by atoms with Gasteiger partial charge in [-0.3, -0.25) is 10.0 Å². The molecule has 0 amide bonds. The van der Waals surface area contributed by atoms with Gasteiger partial charge in [0.2, 0.25) is 0 Å². The van der Waals surface area contributed by atoms with Gasteiger partial charge in [-0.1, -0.05) is 18.2 Å². The van der Waals surface area contributed by atoms with Crippen LogP contribution in [0.1, 0.15) is 5.69 Å². The van der Waals surface area contributed by atoms with Gasteiger partial charge in [0.05, 0.1) is 6.20 Å². The fraction of sp³-hybridized carbons (Fsp3) is 0.333. The molecule has 0 radical (unpaired) electrons. The standard InChI is InChI=1S/C9H14ClN5/c1-5-13(3)14(4)15-8(6-7-12-15)9(10)11-2/h5-7H,1H2,2-4H3/b11-9+. The molecule has 0 bridgehead atoms. The maximum Gasteiger partial charge on any atom is 0.151 e. The summed E-state index contributed by atoms with van der Waals surface area (Å²) in [6.07, 6.45) is 3.33. The third-order valence-corrected chi connectivity index (χ3v) is 2.39. The molecular weight excluding hydrogens is 214 g/mol. The Labute approximate surface area is 94.2 Å². The molecule has 0 aliphatic carbocycles. The van der Waals surface area contributed by atoms with Crippen molar-refractivity contribution in [1.82, 2.24) is 14.9 Å². The first kappa shape index (κ1) is 11.6. The zero-order chi connectivity index (χ0) is 11.4. The van der Waals surface area contributed by atoms with E-state index in [1.54, 1.807) is 40.4 Å². The second kappa shape index (κ2) is 4.84. The lowest BCUT2D eigenvalue weighted by Gasteiger charge is -2.28. The van der Waals surface area contributed by atoms with Crippen molar-refractivity contribution in [3.05, 3.63) is 30.7 Å². The van der Waals surface area contributed by atoms with Gasteiger partial charge >= 0.3 is 0 Å². The van der Waals surface area contributed by atoms with Crippen molar-refractivity contribution in [3.63, 3.8) is 0 Å². The molecule has 0 fully saturated rings. The number of hydrazine groups is 1. The molecule has 1 aromatic rings. The second-order valence-corrected chi connectivity index (χ2v) is 3.22. The topological polar surface area (TPSA) is 36.7 Å². The van der Waals surface area contributed by atoms with Crippen LogP contribution in [0.2, 0.25) is 0 Å². The summed E-state index contributed by atoms with van der Waals surface area (Å²) in [5.74, 6) is 0. The van der Waals surface area contributed by atoms with E-state index in [0.717, 1.165) is 5.69 Å². The van der Waals surface area contributed by atoms with E-state index in [4.69, 9.17) is 11.6 Å². The average molecular weight is 228 g/mol. The zero-order valence-electron chi connectivity index (χ0n) is 9.05. The van der Waals surface area contributed by atoms with Crippen LogP contribution in [-0.2, 0) is 0 Å². The highest BCUT2D eigenvalue weighted by Gasteiger charge is 2.11. The fourth-order valence-corrected chi connectivity index (χ4v) is 1.18. The molecule has 0 aliphatic heterocycles. The minimum atomic E-state index is 0.414. The van der Waals surface area contributed by atoms with E-state index >= 15 is 0 Å². The van der Waals surface area contributed by atoms with Crippen LogP contribution in [0, 0.1) is 0 Å². The molecule has 1 rings (SSSR count). The number of rotatable bonds is 4. The summed E-state index contributed by atoms with van der Waals surface area (Å²) in [7, 11) is 5.34. The van der Waals surface area contributed by atoms with Crippen LogP contribution in [0.15, 0.2) is 30.0 Å². The molecule has 0 aliphatic rings. The largest absolute Gasteiger partial charge is 0.281 e. The van der Waals surface area contributed by atoms with Gasteiger partial charge < -0.3 is 0 Å². The molecule has 6 heteroatoms. The Balaban J connectivity index is 3.04. The number of hydrogen-bond acceptors (Lipinski definition) is 4. The fourth-order valence-electron chi connectivity index (χ4n) is 1.04. The Bertz CT molecular complexity index is 370. The summed E-state index contributed by atoms with van der Waals surface area (Å²) in [5, 5.41) is 8.09. The highest BCUT2D eigenvalue weighted by Crippen LogP contribution is 2.05. The summed E-state index contributed by atoms with van der Waals surface area (Å²) in [5.41, 5.74) is 0.732.